The maximum absolute atomic E-state index is 12.9. The standard InChI is InChI=1S/C20H19F6NO3/c1-12(30-18(29)27-11-13-5-3-2-4-6-13)7-17(28)14-8-15(19(21,22)23)10-16(9-14)20(24,25)26/h2-6,8-10,12,17,28H,7,11H2,1H3,(H,27,29). The van der Waals surface area contributed by atoms with E-state index >= 15 is 0 Å². The number of carbonyl (C=O) groups excluding carboxylic acids is 1. The third kappa shape index (κ3) is 6.94. The molecule has 0 saturated heterocycles. The fourth-order valence-corrected chi connectivity index (χ4v) is 2.66. The van der Waals surface area contributed by atoms with Gasteiger partial charge < -0.3 is 15.2 Å². The number of aliphatic hydroxyl groups is 1. The molecule has 30 heavy (non-hydrogen) atoms. The Hall–Kier alpha value is -2.75. The fourth-order valence-electron chi connectivity index (χ4n) is 2.66. The first-order chi connectivity index (χ1) is 13.9. The van der Waals surface area contributed by atoms with Crippen molar-refractivity contribution in [3.05, 3.63) is 70.8 Å². The third-order valence-corrected chi connectivity index (χ3v) is 4.14. The van der Waals surface area contributed by atoms with Gasteiger partial charge in [0.2, 0.25) is 0 Å². The second kappa shape index (κ2) is 9.38. The summed E-state index contributed by atoms with van der Waals surface area (Å²) in [4.78, 5) is 11.8. The summed E-state index contributed by atoms with van der Waals surface area (Å²) in [6.45, 7) is 1.53. The van der Waals surface area contributed by atoms with Crippen LogP contribution in [0, 0.1) is 0 Å². The van der Waals surface area contributed by atoms with Crippen molar-refractivity contribution in [2.75, 3.05) is 0 Å². The van der Waals surface area contributed by atoms with Crippen LogP contribution < -0.4 is 5.32 Å². The maximum Gasteiger partial charge on any atom is 0.416 e. The van der Waals surface area contributed by atoms with Crippen molar-refractivity contribution in [1.82, 2.24) is 5.32 Å². The summed E-state index contributed by atoms with van der Waals surface area (Å²) >= 11 is 0. The molecule has 164 valence electrons. The highest BCUT2D eigenvalue weighted by Crippen LogP contribution is 2.38. The molecule has 2 unspecified atom stereocenters. The Morgan fingerprint density at radius 3 is 2.03 bits per heavy atom. The Morgan fingerprint density at radius 2 is 1.53 bits per heavy atom. The molecule has 0 heterocycles. The van der Waals surface area contributed by atoms with E-state index < -0.39 is 53.8 Å². The Kier molecular flexibility index (Phi) is 7.35. The minimum Gasteiger partial charge on any atom is -0.446 e. The van der Waals surface area contributed by atoms with Gasteiger partial charge in [0.15, 0.2) is 0 Å². The SMILES string of the molecule is CC(CC(O)c1cc(C(F)(F)F)cc(C(F)(F)F)c1)OC(=O)NCc1ccccc1. The number of carbonyl (C=O) groups is 1. The average Bonchev–Trinajstić information content (AvgIpc) is 2.65. The van der Waals surface area contributed by atoms with Crippen LogP contribution in [0.15, 0.2) is 48.5 Å². The number of benzene rings is 2. The summed E-state index contributed by atoms with van der Waals surface area (Å²) in [7, 11) is 0. The Labute approximate surface area is 168 Å². The summed E-state index contributed by atoms with van der Waals surface area (Å²) in [6.07, 6.45) is -13.9. The first-order valence-corrected chi connectivity index (χ1v) is 8.82. The van der Waals surface area contributed by atoms with E-state index in [1.807, 2.05) is 0 Å². The van der Waals surface area contributed by atoms with Crippen molar-refractivity contribution in [3.63, 3.8) is 0 Å². The highest BCUT2D eigenvalue weighted by molar-refractivity contribution is 5.67. The number of amides is 1. The lowest BCUT2D eigenvalue weighted by Gasteiger charge is -2.20. The van der Waals surface area contributed by atoms with Gasteiger partial charge in [0.1, 0.15) is 6.10 Å². The summed E-state index contributed by atoms with van der Waals surface area (Å²) in [5.41, 5.74) is -2.83. The van der Waals surface area contributed by atoms with Crippen molar-refractivity contribution in [2.24, 2.45) is 0 Å². The van der Waals surface area contributed by atoms with E-state index in [9.17, 15) is 36.2 Å². The van der Waals surface area contributed by atoms with E-state index in [4.69, 9.17) is 4.74 Å². The Bertz CT molecular complexity index is 820. The number of alkyl carbamates (subject to hydrolysis) is 1. The van der Waals surface area contributed by atoms with Crippen LogP contribution in [-0.4, -0.2) is 17.3 Å². The third-order valence-electron chi connectivity index (χ3n) is 4.14. The van der Waals surface area contributed by atoms with E-state index in [1.54, 1.807) is 30.3 Å². The van der Waals surface area contributed by atoms with Crippen LogP contribution in [0.25, 0.3) is 0 Å². The first-order valence-electron chi connectivity index (χ1n) is 8.82. The van der Waals surface area contributed by atoms with Gasteiger partial charge in [-0.1, -0.05) is 30.3 Å². The van der Waals surface area contributed by atoms with Crippen LogP contribution in [0.1, 0.15) is 41.7 Å². The second-order valence-corrected chi connectivity index (χ2v) is 6.65. The van der Waals surface area contributed by atoms with Crippen LogP contribution >= 0.6 is 0 Å². The molecule has 0 fully saturated rings. The fraction of sp³-hybridized carbons (Fsp3) is 0.350. The summed E-state index contributed by atoms with van der Waals surface area (Å²) in [5.74, 6) is 0. The van der Waals surface area contributed by atoms with Gasteiger partial charge in [-0.25, -0.2) is 4.79 Å². The maximum atomic E-state index is 12.9. The molecule has 2 N–H and O–H groups in total. The summed E-state index contributed by atoms with van der Waals surface area (Å²) in [5, 5.41) is 12.6. The van der Waals surface area contributed by atoms with Crippen molar-refractivity contribution < 1.29 is 41.0 Å². The number of hydrogen-bond donors (Lipinski definition) is 2. The molecule has 0 radical (unpaired) electrons. The Morgan fingerprint density at radius 1 is 1.00 bits per heavy atom. The Balaban J connectivity index is 2.03. The molecule has 0 aliphatic heterocycles. The second-order valence-electron chi connectivity index (χ2n) is 6.65. The van der Waals surface area contributed by atoms with Crippen molar-refractivity contribution in [1.29, 1.82) is 0 Å². The van der Waals surface area contributed by atoms with Gasteiger partial charge in [0.25, 0.3) is 0 Å². The van der Waals surface area contributed by atoms with Crippen LogP contribution in [-0.2, 0) is 23.6 Å². The van der Waals surface area contributed by atoms with E-state index in [-0.39, 0.29) is 12.6 Å². The summed E-state index contributed by atoms with van der Waals surface area (Å²) in [6, 6.07) is 9.73. The molecule has 0 spiro atoms. The highest BCUT2D eigenvalue weighted by atomic mass is 19.4. The monoisotopic (exact) mass is 435 g/mol. The van der Waals surface area contributed by atoms with Crippen LogP contribution in [0.4, 0.5) is 31.1 Å². The number of ether oxygens (including phenoxy) is 1. The van der Waals surface area contributed by atoms with Gasteiger partial charge in [0.05, 0.1) is 17.2 Å². The zero-order valence-corrected chi connectivity index (χ0v) is 15.7. The molecule has 2 aromatic carbocycles. The first kappa shape index (κ1) is 23.5. The number of alkyl halides is 6. The molecule has 10 heteroatoms. The number of halogens is 6. The quantitative estimate of drug-likeness (QED) is 0.593. The smallest absolute Gasteiger partial charge is 0.416 e. The molecule has 0 saturated carbocycles. The van der Waals surface area contributed by atoms with Gasteiger partial charge in [-0.15, -0.1) is 0 Å². The minimum atomic E-state index is -5.02. The molecule has 2 aromatic rings. The highest BCUT2D eigenvalue weighted by Gasteiger charge is 2.37. The molecule has 0 aliphatic rings. The van der Waals surface area contributed by atoms with Crippen LogP contribution in [0.5, 0.6) is 0 Å². The molecule has 4 nitrogen and oxygen atoms in total. The van der Waals surface area contributed by atoms with Gasteiger partial charge >= 0.3 is 18.4 Å². The van der Waals surface area contributed by atoms with E-state index in [2.05, 4.69) is 5.32 Å². The van der Waals surface area contributed by atoms with Crippen molar-refractivity contribution in [2.45, 2.75) is 44.4 Å². The van der Waals surface area contributed by atoms with Crippen molar-refractivity contribution >= 4 is 6.09 Å². The van der Waals surface area contributed by atoms with E-state index in [1.165, 1.54) is 6.92 Å². The van der Waals surface area contributed by atoms with Crippen LogP contribution in [0.2, 0.25) is 0 Å². The predicted octanol–water partition coefficient (Wildman–Crippen LogP) is 5.46. The lowest BCUT2D eigenvalue weighted by molar-refractivity contribution is -0.143. The summed E-state index contributed by atoms with van der Waals surface area (Å²) < 4.78 is 82.6. The van der Waals surface area contributed by atoms with Gasteiger partial charge in [-0.05, 0) is 36.2 Å². The molecule has 1 amide bonds. The van der Waals surface area contributed by atoms with E-state index in [0.717, 1.165) is 5.56 Å². The van der Waals surface area contributed by atoms with Gasteiger partial charge in [-0.3, -0.25) is 0 Å². The molecular weight excluding hydrogens is 416 g/mol. The van der Waals surface area contributed by atoms with Crippen molar-refractivity contribution in [3.8, 4) is 0 Å². The average molecular weight is 435 g/mol. The number of nitrogens with one attached hydrogen (secondary N) is 1. The largest absolute Gasteiger partial charge is 0.446 e. The lowest BCUT2D eigenvalue weighted by atomic mass is 9.98. The molecule has 0 aliphatic carbocycles. The lowest BCUT2D eigenvalue weighted by Crippen LogP contribution is -2.28. The topological polar surface area (TPSA) is 58.6 Å². The van der Waals surface area contributed by atoms with Gasteiger partial charge in [-0.2, -0.15) is 26.3 Å². The molecular formula is C20H19F6NO3. The predicted molar refractivity (Wildman–Crippen MR) is 95.2 cm³/mol. The number of hydrogen-bond acceptors (Lipinski definition) is 3. The van der Waals surface area contributed by atoms with E-state index in [0.29, 0.717) is 12.1 Å². The van der Waals surface area contributed by atoms with Gasteiger partial charge in [0, 0.05) is 13.0 Å². The minimum absolute atomic E-state index is 0.0207. The zero-order valence-electron chi connectivity index (χ0n) is 15.7. The number of rotatable bonds is 6. The molecule has 2 rings (SSSR count). The van der Waals surface area contributed by atoms with Crippen LogP contribution in [0.3, 0.4) is 0 Å². The molecule has 0 aromatic heterocycles. The number of aliphatic hydroxyl groups excluding tert-OH is 1. The zero-order chi connectivity index (χ0) is 22.5. The normalized spacial score (nSPS) is 14.1. The molecule has 2 atom stereocenters. The molecule has 0 bridgehead atoms.